The summed E-state index contributed by atoms with van der Waals surface area (Å²) in [7, 11) is 0. The predicted octanol–water partition coefficient (Wildman–Crippen LogP) is 8.36. The van der Waals surface area contributed by atoms with Crippen molar-refractivity contribution in [2.45, 2.75) is 17.1 Å². The fourth-order valence-electron chi connectivity index (χ4n) is 5.07. The number of aromatic amines is 1. The average Bonchev–Trinajstić information content (AvgIpc) is 3.52. The van der Waals surface area contributed by atoms with Crippen molar-refractivity contribution in [3.05, 3.63) is 168 Å². The van der Waals surface area contributed by atoms with E-state index in [0.29, 0.717) is 11.3 Å². The van der Waals surface area contributed by atoms with Crippen LogP contribution in [0.15, 0.2) is 150 Å². The van der Waals surface area contributed by atoms with Crippen molar-refractivity contribution in [2.75, 3.05) is 10.6 Å². The SMILES string of the molecule is Cc1ccccc1NC(=O)[C@H](Sc1ccc(NC(=O)/C(=C/c2c[nH]c3ccccc23)NC(=O)c2ccccc2)cc1)c1ccccc1. The van der Waals surface area contributed by atoms with Crippen LogP contribution in [0.2, 0.25) is 0 Å². The number of aromatic nitrogens is 1. The lowest BCUT2D eigenvalue weighted by molar-refractivity contribution is -0.116. The van der Waals surface area contributed by atoms with Crippen LogP contribution in [-0.4, -0.2) is 22.7 Å². The number of H-pyrrole nitrogens is 1. The van der Waals surface area contributed by atoms with Gasteiger partial charge < -0.3 is 20.9 Å². The quantitative estimate of drug-likeness (QED) is 0.0896. The number of anilines is 2. The van der Waals surface area contributed by atoms with Crippen molar-refractivity contribution in [3.8, 4) is 0 Å². The van der Waals surface area contributed by atoms with Gasteiger partial charge in [0, 0.05) is 44.5 Å². The zero-order valence-corrected chi connectivity index (χ0v) is 26.4. The fourth-order valence-corrected chi connectivity index (χ4v) is 6.10. The van der Waals surface area contributed by atoms with Gasteiger partial charge in [0.15, 0.2) is 0 Å². The van der Waals surface area contributed by atoms with Crippen LogP contribution in [0.1, 0.15) is 32.3 Å². The van der Waals surface area contributed by atoms with Gasteiger partial charge in [-0.1, -0.05) is 84.9 Å². The third kappa shape index (κ3) is 7.69. The molecule has 8 heteroatoms. The van der Waals surface area contributed by atoms with E-state index in [2.05, 4.69) is 20.9 Å². The standard InChI is InChI=1S/C39H32N4O3S/c1-26-12-8-10-18-33(26)42-39(46)36(27-13-4-2-5-14-27)47-31-22-20-30(21-23-31)41-38(45)35(43-37(44)28-15-6-3-7-16-28)24-29-25-40-34-19-11-9-17-32(29)34/h2-25,36,40H,1H3,(H,41,45)(H,42,46)(H,43,44)/b35-24-/t36-/m1/s1. The highest BCUT2D eigenvalue weighted by molar-refractivity contribution is 8.00. The van der Waals surface area contributed by atoms with E-state index < -0.39 is 17.1 Å². The molecular weight excluding hydrogens is 605 g/mol. The molecule has 0 unspecified atom stereocenters. The lowest BCUT2D eigenvalue weighted by Gasteiger charge is -2.18. The topological polar surface area (TPSA) is 103 Å². The first kappa shape index (κ1) is 31.1. The summed E-state index contributed by atoms with van der Waals surface area (Å²) in [6.07, 6.45) is 3.47. The molecule has 7 nitrogen and oxygen atoms in total. The summed E-state index contributed by atoms with van der Waals surface area (Å²) in [6.45, 7) is 1.96. The van der Waals surface area contributed by atoms with E-state index >= 15 is 0 Å². The Morgan fingerprint density at radius 1 is 0.723 bits per heavy atom. The minimum atomic E-state index is -0.504. The molecule has 0 radical (unpaired) electrons. The van der Waals surface area contributed by atoms with E-state index in [1.54, 1.807) is 48.7 Å². The van der Waals surface area contributed by atoms with E-state index in [4.69, 9.17) is 0 Å². The Morgan fingerprint density at radius 3 is 2.13 bits per heavy atom. The number of hydrogen-bond donors (Lipinski definition) is 4. The second kappa shape index (κ2) is 14.5. The fraction of sp³-hybridized carbons (Fsp3) is 0.0513. The molecule has 0 saturated heterocycles. The highest BCUT2D eigenvalue weighted by Crippen LogP contribution is 2.37. The number of para-hydroxylation sites is 2. The van der Waals surface area contributed by atoms with Gasteiger partial charge in [-0.25, -0.2) is 0 Å². The normalized spacial score (nSPS) is 11.9. The van der Waals surface area contributed by atoms with E-state index in [9.17, 15) is 14.4 Å². The highest BCUT2D eigenvalue weighted by Gasteiger charge is 2.23. The molecule has 6 aromatic rings. The van der Waals surface area contributed by atoms with Gasteiger partial charge in [0.1, 0.15) is 10.9 Å². The van der Waals surface area contributed by atoms with Crippen LogP contribution >= 0.6 is 11.8 Å². The smallest absolute Gasteiger partial charge is 0.272 e. The first-order valence-corrected chi connectivity index (χ1v) is 16.0. The van der Waals surface area contributed by atoms with Crippen LogP contribution in [0.3, 0.4) is 0 Å². The average molecular weight is 637 g/mol. The molecule has 232 valence electrons. The molecule has 0 bridgehead atoms. The molecule has 4 N–H and O–H groups in total. The highest BCUT2D eigenvalue weighted by atomic mass is 32.2. The molecule has 0 aliphatic carbocycles. The van der Waals surface area contributed by atoms with Gasteiger partial charge >= 0.3 is 0 Å². The molecule has 0 aliphatic heterocycles. The van der Waals surface area contributed by atoms with Gasteiger partial charge in [-0.3, -0.25) is 14.4 Å². The van der Waals surface area contributed by atoms with Crippen molar-refractivity contribution < 1.29 is 14.4 Å². The second-order valence-electron chi connectivity index (χ2n) is 10.9. The number of amides is 3. The number of hydrogen-bond acceptors (Lipinski definition) is 4. The predicted molar refractivity (Wildman–Crippen MR) is 190 cm³/mol. The number of carbonyl (C=O) groups excluding carboxylic acids is 3. The summed E-state index contributed by atoms with van der Waals surface area (Å²) < 4.78 is 0. The van der Waals surface area contributed by atoms with Crippen molar-refractivity contribution >= 4 is 57.8 Å². The summed E-state index contributed by atoms with van der Waals surface area (Å²) in [5.74, 6) is -0.997. The van der Waals surface area contributed by atoms with Gasteiger partial charge in [-0.15, -0.1) is 11.8 Å². The molecule has 0 spiro atoms. The van der Waals surface area contributed by atoms with Gasteiger partial charge in [0.05, 0.1) is 0 Å². The van der Waals surface area contributed by atoms with Crippen LogP contribution < -0.4 is 16.0 Å². The Morgan fingerprint density at radius 2 is 1.38 bits per heavy atom. The van der Waals surface area contributed by atoms with E-state index in [-0.39, 0.29) is 11.6 Å². The Kier molecular flexibility index (Phi) is 9.60. The first-order valence-electron chi connectivity index (χ1n) is 15.1. The largest absolute Gasteiger partial charge is 0.361 e. The van der Waals surface area contributed by atoms with Crippen molar-refractivity contribution in [1.29, 1.82) is 0 Å². The molecule has 0 aliphatic rings. The number of benzene rings is 5. The minimum absolute atomic E-state index is 0.0964. The molecule has 1 heterocycles. The van der Waals surface area contributed by atoms with Gasteiger partial charge in [-0.2, -0.15) is 0 Å². The monoisotopic (exact) mass is 636 g/mol. The number of aryl methyl sites for hydroxylation is 1. The molecule has 6 rings (SSSR count). The molecule has 5 aromatic carbocycles. The summed E-state index contributed by atoms with van der Waals surface area (Å²) in [5, 5.41) is 9.20. The summed E-state index contributed by atoms with van der Waals surface area (Å²) in [4.78, 5) is 44.3. The van der Waals surface area contributed by atoms with Crippen LogP contribution in [-0.2, 0) is 9.59 Å². The third-order valence-corrected chi connectivity index (χ3v) is 8.83. The maximum atomic E-state index is 13.6. The van der Waals surface area contributed by atoms with Crippen molar-refractivity contribution in [3.63, 3.8) is 0 Å². The van der Waals surface area contributed by atoms with Crippen LogP contribution in [0.25, 0.3) is 17.0 Å². The van der Waals surface area contributed by atoms with E-state index in [1.807, 2.05) is 104 Å². The second-order valence-corrected chi connectivity index (χ2v) is 12.0. The third-order valence-electron chi connectivity index (χ3n) is 7.56. The maximum Gasteiger partial charge on any atom is 0.272 e. The van der Waals surface area contributed by atoms with Gasteiger partial charge in [0.25, 0.3) is 11.8 Å². The number of thioether (sulfide) groups is 1. The Labute approximate surface area is 277 Å². The van der Waals surface area contributed by atoms with Crippen LogP contribution in [0, 0.1) is 6.92 Å². The van der Waals surface area contributed by atoms with Crippen molar-refractivity contribution in [2.24, 2.45) is 0 Å². The van der Waals surface area contributed by atoms with Gasteiger partial charge in [0.2, 0.25) is 5.91 Å². The van der Waals surface area contributed by atoms with Crippen LogP contribution in [0.4, 0.5) is 11.4 Å². The molecule has 1 aromatic heterocycles. The lowest BCUT2D eigenvalue weighted by atomic mass is 10.1. The number of fused-ring (bicyclic) bond motifs is 1. The summed E-state index contributed by atoms with van der Waals surface area (Å²) in [6, 6.07) is 41.1. The summed E-state index contributed by atoms with van der Waals surface area (Å²) >= 11 is 1.42. The maximum absolute atomic E-state index is 13.6. The lowest BCUT2D eigenvalue weighted by Crippen LogP contribution is -2.30. The van der Waals surface area contributed by atoms with E-state index in [1.165, 1.54) is 11.8 Å². The zero-order chi connectivity index (χ0) is 32.6. The number of carbonyl (C=O) groups is 3. The molecule has 1 atom stereocenters. The Bertz CT molecular complexity index is 2060. The van der Waals surface area contributed by atoms with E-state index in [0.717, 1.165) is 38.2 Å². The number of nitrogens with one attached hydrogen (secondary N) is 4. The minimum Gasteiger partial charge on any atom is -0.361 e. The molecule has 47 heavy (non-hydrogen) atoms. The first-order chi connectivity index (χ1) is 22.9. The molecular formula is C39H32N4O3S. The Hall–Kier alpha value is -5.86. The van der Waals surface area contributed by atoms with Crippen molar-refractivity contribution in [1.82, 2.24) is 10.3 Å². The molecule has 3 amide bonds. The van der Waals surface area contributed by atoms with Gasteiger partial charge in [-0.05, 0) is 72.7 Å². The molecule has 0 saturated carbocycles. The summed E-state index contributed by atoms with van der Waals surface area (Å²) in [5.41, 5.74) is 5.39. The molecule has 0 fully saturated rings. The Balaban J connectivity index is 1.21. The zero-order valence-electron chi connectivity index (χ0n) is 25.6. The number of rotatable bonds is 10. The van der Waals surface area contributed by atoms with Crippen LogP contribution in [0.5, 0.6) is 0 Å².